The minimum Gasteiger partial charge on any atom is -0.382 e. The van der Waals surface area contributed by atoms with Gasteiger partial charge in [0.25, 0.3) is 0 Å². The first kappa shape index (κ1) is 11.9. The van der Waals surface area contributed by atoms with Crippen LogP contribution in [-0.4, -0.2) is 41.1 Å². The van der Waals surface area contributed by atoms with E-state index in [4.69, 9.17) is 5.73 Å². The molecule has 19 heavy (non-hydrogen) atoms. The molecule has 6 heteroatoms. The van der Waals surface area contributed by atoms with Crippen LogP contribution in [0.5, 0.6) is 0 Å². The van der Waals surface area contributed by atoms with Crippen molar-refractivity contribution in [1.82, 2.24) is 20.3 Å². The highest BCUT2D eigenvalue weighted by molar-refractivity contribution is 5.71. The van der Waals surface area contributed by atoms with E-state index in [2.05, 4.69) is 25.2 Å². The van der Waals surface area contributed by atoms with Gasteiger partial charge in [-0.1, -0.05) is 0 Å². The van der Waals surface area contributed by atoms with Gasteiger partial charge in [-0.25, -0.2) is 15.0 Å². The number of nitrogen functional groups attached to an aromatic ring is 1. The molecule has 0 aliphatic carbocycles. The van der Waals surface area contributed by atoms with Gasteiger partial charge in [-0.3, -0.25) is 0 Å². The van der Waals surface area contributed by atoms with Crippen LogP contribution in [-0.2, 0) is 0 Å². The van der Waals surface area contributed by atoms with Gasteiger partial charge in [0, 0.05) is 50.3 Å². The Kier molecular flexibility index (Phi) is 3.24. The Morgan fingerprint density at radius 3 is 2.58 bits per heavy atom. The summed E-state index contributed by atoms with van der Waals surface area (Å²) in [5, 5.41) is 3.32. The van der Waals surface area contributed by atoms with Crippen LogP contribution >= 0.6 is 0 Å². The second-order valence-corrected chi connectivity index (χ2v) is 4.44. The molecular formula is C13H16N6. The van der Waals surface area contributed by atoms with Gasteiger partial charge in [-0.15, -0.1) is 0 Å². The number of pyridine rings is 1. The fraction of sp³-hybridized carbons (Fsp3) is 0.308. The van der Waals surface area contributed by atoms with E-state index in [1.165, 1.54) is 0 Å². The number of aromatic nitrogens is 3. The van der Waals surface area contributed by atoms with E-state index < -0.39 is 0 Å². The first-order valence-electron chi connectivity index (χ1n) is 6.33. The normalized spacial score (nSPS) is 15.5. The zero-order valence-corrected chi connectivity index (χ0v) is 10.6. The minimum atomic E-state index is 0.557. The molecule has 0 saturated carbocycles. The maximum atomic E-state index is 5.98. The van der Waals surface area contributed by atoms with Crippen LogP contribution in [0.1, 0.15) is 0 Å². The maximum Gasteiger partial charge on any atom is 0.160 e. The van der Waals surface area contributed by atoms with Gasteiger partial charge in [0.1, 0.15) is 5.82 Å². The highest BCUT2D eigenvalue weighted by atomic mass is 15.2. The van der Waals surface area contributed by atoms with Crippen molar-refractivity contribution in [3.05, 3.63) is 30.7 Å². The zero-order valence-electron chi connectivity index (χ0n) is 10.6. The summed E-state index contributed by atoms with van der Waals surface area (Å²) in [5.74, 6) is 1.23. The number of rotatable bonds is 2. The van der Waals surface area contributed by atoms with Crippen molar-refractivity contribution in [2.45, 2.75) is 0 Å². The molecule has 3 heterocycles. The maximum absolute atomic E-state index is 5.98. The Bertz CT molecular complexity index is 550. The van der Waals surface area contributed by atoms with Crippen molar-refractivity contribution in [2.75, 3.05) is 36.8 Å². The van der Waals surface area contributed by atoms with E-state index in [1.807, 2.05) is 6.07 Å². The third-order valence-electron chi connectivity index (χ3n) is 3.18. The molecule has 2 aromatic rings. The van der Waals surface area contributed by atoms with Crippen molar-refractivity contribution in [3.8, 4) is 11.4 Å². The Morgan fingerprint density at radius 2 is 1.84 bits per heavy atom. The minimum absolute atomic E-state index is 0.557. The molecule has 3 N–H and O–H groups in total. The molecule has 98 valence electrons. The summed E-state index contributed by atoms with van der Waals surface area (Å²) in [7, 11) is 0. The SMILES string of the molecule is Nc1ncc(-c2ncccn2)cc1N1CCNCC1. The number of hydrogen-bond acceptors (Lipinski definition) is 6. The summed E-state index contributed by atoms with van der Waals surface area (Å²) in [6, 6.07) is 3.81. The van der Waals surface area contributed by atoms with E-state index >= 15 is 0 Å². The Morgan fingerprint density at radius 1 is 1.11 bits per heavy atom. The molecule has 0 amide bonds. The highest BCUT2D eigenvalue weighted by Gasteiger charge is 2.15. The number of hydrogen-bond donors (Lipinski definition) is 2. The van der Waals surface area contributed by atoms with Crippen LogP contribution in [0.3, 0.4) is 0 Å². The number of nitrogens with one attached hydrogen (secondary N) is 1. The van der Waals surface area contributed by atoms with Gasteiger partial charge in [-0.2, -0.15) is 0 Å². The van der Waals surface area contributed by atoms with Crippen molar-refractivity contribution in [2.24, 2.45) is 0 Å². The van der Waals surface area contributed by atoms with Crippen molar-refractivity contribution in [1.29, 1.82) is 0 Å². The monoisotopic (exact) mass is 256 g/mol. The molecule has 1 aliphatic heterocycles. The Labute approximate surface area is 111 Å². The molecule has 1 aliphatic rings. The molecule has 0 radical (unpaired) electrons. The topological polar surface area (TPSA) is 80.0 Å². The third kappa shape index (κ3) is 2.48. The molecule has 0 bridgehead atoms. The average Bonchev–Trinajstić information content (AvgIpc) is 2.49. The lowest BCUT2D eigenvalue weighted by Crippen LogP contribution is -2.43. The second-order valence-electron chi connectivity index (χ2n) is 4.44. The lowest BCUT2D eigenvalue weighted by Gasteiger charge is -2.30. The standard InChI is InChI=1S/C13H16N6/c14-12-11(19-6-4-15-5-7-19)8-10(9-18-12)13-16-2-1-3-17-13/h1-3,8-9,15H,4-7H2,(H2,14,18). The van der Waals surface area contributed by atoms with Crippen LogP contribution < -0.4 is 16.0 Å². The van der Waals surface area contributed by atoms with Gasteiger partial charge in [-0.05, 0) is 12.1 Å². The summed E-state index contributed by atoms with van der Waals surface area (Å²) in [5.41, 5.74) is 7.84. The highest BCUT2D eigenvalue weighted by Crippen LogP contribution is 2.26. The summed E-state index contributed by atoms with van der Waals surface area (Å²) >= 11 is 0. The molecule has 1 saturated heterocycles. The Hall–Kier alpha value is -2.21. The van der Waals surface area contributed by atoms with Crippen LogP contribution in [0.25, 0.3) is 11.4 Å². The predicted molar refractivity (Wildman–Crippen MR) is 74.8 cm³/mol. The van der Waals surface area contributed by atoms with E-state index in [0.717, 1.165) is 37.4 Å². The molecule has 0 atom stereocenters. The molecule has 3 rings (SSSR count). The molecule has 0 unspecified atom stereocenters. The fourth-order valence-corrected chi connectivity index (χ4v) is 2.19. The largest absolute Gasteiger partial charge is 0.382 e. The summed E-state index contributed by atoms with van der Waals surface area (Å²) in [6.07, 6.45) is 5.17. The number of nitrogens with zero attached hydrogens (tertiary/aromatic N) is 4. The summed E-state index contributed by atoms with van der Waals surface area (Å²) in [4.78, 5) is 15.0. The van der Waals surface area contributed by atoms with Gasteiger partial charge in [0.05, 0.1) is 5.69 Å². The predicted octanol–water partition coefficient (Wildman–Crippen LogP) is 0.530. The molecule has 0 aromatic carbocycles. The van der Waals surface area contributed by atoms with Crippen LogP contribution in [0.15, 0.2) is 30.7 Å². The van der Waals surface area contributed by atoms with Crippen molar-refractivity contribution >= 4 is 11.5 Å². The third-order valence-corrected chi connectivity index (χ3v) is 3.18. The molecule has 2 aromatic heterocycles. The quantitative estimate of drug-likeness (QED) is 0.816. The average molecular weight is 256 g/mol. The molecule has 1 fully saturated rings. The van der Waals surface area contributed by atoms with Gasteiger partial charge >= 0.3 is 0 Å². The molecule has 0 spiro atoms. The Balaban J connectivity index is 1.96. The van der Waals surface area contributed by atoms with E-state index in [0.29, 0.717) is 11.6 Å². The molecule has 6 nitrogen and oxygen atoms in total. The van der Waals surface area contributed by atoms with E-state index in [-0.39, 0.29) is 0 Å². The zero-order chi connectivity index (χ0) is 13.1. The van der Waals surface area contributed by atoms with Crippen molar-refractivity contribution in [3.63, 3.8) is 0 Å². The van der Waals surface area contributed by atoms with Crippen LogP contribution in [0.4, 0.5) is 11.5 Å². The second kappa shape index (κ2) is 5.19. The number of piperazine rings is 1. The van der Waals surface area contributed by atoms with Gasteiger partial charge in [0.15, 0.2) is 5.82 Å². The smallest absolute Gasteiger partial charge is 0.160 e. The van der Waals surface area contributed by atoms with Crippen LogP contribution in [0.2, 0.25) is 0 Å². The fourth-order valence-electron chi connectivity index (χ4n) is 2.19. The lowest BCUT2D eigenvalue weighted by molar-refractivity contribution is 0.589. The summed E-state index contributed by atoms with van der Waals surface area (Å²) < 4.78 is 0. The first-order chi connectivity index (χ1) is 9.34. The number of anilines is 2. The lowest BCUT2D eigenvalue weighted by atomic mass is 10.2. The van der Waals surface area contributed by atoms with Gasteiger partial charge in [0.2, 0.25) is 0 Å². The summed E-state index contributed by atoms with van der Waals surface area (Å²) in [6.45, 7) is 3.80. The number of nitrogens with two attached hydrogens (primary N) is 1. The first-order valence-corrected chi connectivity index (χ1v) is 6.33. The van der Waals surface area contributed by atoms with Crippen molar-refractivity contribution < 1.29 is 0 Å². The molecular weight excluding hydrogens is 240 g/mol. The van der Waals surface area contributed by atoms with E-state index in [9.17, 15) is 0 Å². The van der Waals surface area contributed by atoms with Gasteiger partial charge < -0.3 is 16.0 Å². The van der Waals surface area contributed by atoms with Crippen LogP contribution in [0, 0.1) is 0 Å². The van der Waals surface area contributed by atoms with E-state index in [1.54, 1.807) is 24.7 Å².